The first-order valence-corrected chi connectivity index (χ1v) is 6.63. The van der Waals surface area contributed by atoms with Crippen molar-refractivity contribution in [2.24, 2.45) is 5.73 Å². The molecule has 0 spiro atoms. The fourth-order valence-corrected chi connectivity index (χ4v) is 2.50. The van der Waals surface area contributed by atoms with E-state index in [1.54, 1.807) is 19.2 Å². The average Bonchev–Trinajstić information content (AvgIpc) is 2.50. The molecule has 21 heavy (non-hydrogen) atoms. The largest absolute Gasteiger partial charge is 0.320 e. The van der Waals surface area contributed by atoms with Crippen LogP contribution < -0.4 is 5.73 Å². The van der Waals surface area contributed by atoms with Crippen molar-refractivity contribution in [1.29, 1.82) is 0 Å². The van der Waals surface area contributed by atoms with E-state index < -0.39 is 17.7 Å². The van der Waals surface area contributed by atoms with Gasteiger partial charge >= 0.3 is 0 Å². The monoisotopic (exact) mass is 284 g/mol. The van der Waals surface area contributed by atoms with Crippen molar-refractivity contribution in [1.82, 2.24) is 4.98 Å². The van der Waals surface area contributed by atoms with Gasteiger partial charge in [-0.25, -0.2) is 8.78 Å². The molecule has 1 unspecified atom stereocenters. The molecule has 3 aromatic rings. The number of hydrogen-bond acceptors (Lipinski definition) is 2. The quantitative estimate of drug-likeness (QED) is 0.776. The van der Waals surface area contributed by atoms with Crippen LogP contribution in [0.15, 0.2) is 48.7 Å². The van der Waals surface area contributed by atoms with Gasteiger partial charge in [-0.3, -0.25) is 4.98 Å². The number of benzene rings is 2. The minimum Gasteiger partial charge on any atom is -0.320 e. The molecule has 0 saturated heterocycles. The number of para-hydroxylation sites is 1. The lowest BCUT2D eigenvalue weighted by Crippen LogP contribution is -2.17. The van der Waals surface area contributed by atoms with Crippen LogP contribution in [0.5, 0.6) is 0 Å². The zero-order chi connectivity index (χ0) is 15.0. The fraction of sp³-hybridized carbons (Fsp3) is 0.118. The van der Waals surface area contributed by atoms with E-state index in [1.165, 1.54) is 12.1 Å². The lowest BCUT2D eigenvalue weighted by molar-refractivity contribution is 0.538. The number of halogens is 2. The van der Waals surface area contributed by atoms with Gasteiger partial charge in [0.1, 0.15) is 11.6 Å². The lowest BCUT2D eigenvalue weighted by Gasteiger charge is -2.17. The van der Waals surface area contributed by atoms with E-state index >= 15 is 0 Å². The highest BCUT2D eigenvalue weighted by molar-refractivity contribution is 5.82. The van der Waals surface area contributed by atoms with E-state index in [0.29, 0.717) is 16.6 Å². The molecule has 0 radical (unpaired) electrons. The number of aromatic nitrogens is 1. The van der Waals surface area contributed by atoms with Crippen LogP contribution in [0, 0.1) is 18.6 Å². The molecular weight excluding hydrogens is 270 g/mol. The van der Waals surface area contributed by atoms with Gasteiger partial charge in [0.25, 0.3) is 0 Å². The molecule has 0 bridgehead atoms. The third kappa shape index (κ3) is 2.28. The lowest BCUT2D eigenvalue weighted by atomic mass is 9.95. The molecular formula is C17H14F2N2. The van der Waals surface area contributed by atoms with Crippen LogP contribution in [-0.2, 0) is 0 Å². The summed E-state index contributed by atoms with van der Waals surface area (Å²) in [6, 6.07) is 10.9. The number of fused-ring (bicyclic) bond motifs is 1. The molecule has 4 heteroatoms. The summed E-state index contributed by atoms with van der Waals surface area (Å²) in [6.07, 6.45) is 1.64. The molecule has 0 fully saturated rings. The molecule has 1 heterocycles. The van der Waals surface area contributed by atoms with Crippen LogP contribution in [0.4, 0.5) is 8.78 Å². The Morgan fingerprint density at radius 3 is 2.62 bits per heavy atom. The van der Waals surface area contributed by atoms with E-state index in [-0.39, 0.29) is 5.56 Å². The summed E-state index contributed by atoms with van der Waals surface area (Å²) in [5.41, 5.74) is 7.65. The Morgan fingerprint density at radius 1 is 1.05 bits per heavy atom. The molecule has 2 aromatic carbocycles. The minimum atomic E-state index is -0.900. The minimum absolute atomic E-state index is 0.117. The maximum absolute atomic E-state index is 14.3. The van der Waals surface area contributed by atoms with Crippen molar-refractivity contribution < 1.29 is 8.78 Å². The molecule has 1 atom stereocenters. The Labute approximate surface area is 121 Å². The summed E-state index contributed by atoms with van der Waals surface area (Å²) in [4.78, 5) is 4.28. The summed E-state index contributed by atoms with van der Waals surface area (Å²) < 4.78 is 28.3. The predicted molar refractivity (Wildman–Crippen MR) is 78.9 cm³/mol. The van der Waals surface area contributed by atoms with Gasteiger partial charge in [-0.05, 0) is 30.2 Å². The zero-order valence-electron chi connectivity index (χ0n) is 11.5. The number of aryl methyl sites for hydroxylation is 1. The van der Waals surface area contributed by atoms with E-state index in [2.05, 4.69) is 4.98 Å². The second-order valence-electron chi connectivity index (χ2n) is 4.99. The van der Waals surface area contributed by atoms with Crippen LogP contribution >= 0.6 is 0 Å². The number of nitrogens with zero attached hydrogens (tertiary/aromatic N) is 1. The Hall–Kier alpha value is -2.33. The molecule has 0 aliphatic rings. The van der Waals surface area contributed by atoms with Crippen LogP contribution in [0.1, 0.15) is 22.7 Å². The fourth-order valence-electron chi connectivity index (χ4n) is 2.50. The normalized spacial score (nSPS) is 12.6. The predicted octanol–water partition coefficient (Wildman–Crippen LogP) is 3.87. The molecule has 3 rings (SSSR count). The van der Waals surface area contributed by atoms with Gasteiger partial charge in [0.05, 0.1) is 11.6 Å². The first kappa shape index (κ1) is 13.6. The summed E-state index contributed by atoms with van der Waals surface area (Å²) in [5, 5.41) is 0.888. The summed E-state index contributed by atoms with van der Waals surface area (Å²) >= 11 is 0. The Bertz CT molecular complexity index is 810. The van der Waals surface area contributed by atoms with Gasteiger partial charge in [0.2, 0.25) is 0 Å². The van der Waals surface area contributed by atoms with Crippen molar-refractivity contribution >= 4 is 10.9 Å². The van der Waals surface area contributed by atoms with Gasteiger partial charge in [-0.1, -0.05) is 30.3 Å². The first-order chi connectivity index (χ1) is 10.1. The third-order valence-corrected chi connectivity index (χ3v) is 3.63. The standard InChI is InChI=1S/C17H14F2N2/c1-10-7-8-13(18)14(15(10)19)16(20)12-6-2-4-11-5-3-9-21-17(11)12/h2-9,16H,20H2,1H3. The molecule has 106 valence electrons. The topological polar surface area (TPSA) is 38.9 Å². The molecule has 0 amide bonds. The Morgan fingerprint density at radius 2 is 1.81 bits per heavy atom. The first-order valence-electron chi connectivity index (χ1n) is 6.63. The molecule has 0 saturated carbocycles. The second-order valence-corrected chi connectivity index (χ2v) is 4.99. The molecule has 2 nitrogen and oxygen atoms in total. The number of rotatable bonds is 2. The Kier molecular flexibility index (Phi) is 3.39. The molecule has 0 aliphatic heterocycles. The second kappa shape index (κ2) is 5.22. The van der Waals surface area contributed by atoms with Gasteiger partial charge in [0, 0.05) is 17.1 Å². The van der Waals surface area contributed by atoms with Crippen molar-refractivity contribution in [2.45, 2.75) is 13.0 Å². The van der Waals surface area contributed by atoms with Crippen LogP contribution in [0.2, 0.25) is 0 Å². The van der Waals surface area contributed by atoms with Crippen molar-refractivity contribution in [3.8, 4) is 0 Å². The van der Waals surface area contributed by atoms with E-state index in [4.69, 9.17) is 5.73 Å². The summed E-state index contributed by atoms with van der Waals surface area (Å²) in [5.74, 6) is -1.24. The third-order valence-electron chi connectivity index (χ3n) is 3.63. The van der Waals surface area contributed by atoms with E-state index in [9.17, 15) is 8.78 Å². The summed E-state index contributed by atoms with van der Waals surface area (Å²) in [6.45, 7) is 1.59. The van der Waals surface area contributed by atoms with Crippen molar-refractivity contribution in [3.63, 3.8) is 0 Å². The maximum atomic E-state index is 14.3. The smallest absolute Gasteiger partial charge is 0.134 e. The molecule has 2 N–H and O–H groups in total. The average molecular weight is 284 g/mol. The highest BCUT2D eigenvalue weighted by Gasteiger charge is 2.21. The zero-order valence-corrected chi connectivity index (χ0v) is 11.5. The number of hydrogen-bond donors (Lipinski definition) is 1. The van der Waals surface area contributed by atoms with Gasteiger partial charge in [-0.2, -0.15) is 0 Å². The van der Waals surface area contributed by atoms with Crippen molar-refractivity contribution in [3.05, 3.63) is 77.0 Å². The van der Waals surface area contributed by atoms with Crippen LogP contribution in [-0.4, -0.2) is 4.98 Å². The Balaban J connectivity index is 2.22. The van der Waals surface area contributed by atoms with E-state index in [1.807, 2.05) is 24.3 Å². The van der Waals surface area contributed by atoms with E-state index in [0.717, 1.165) is 5.39 Å². The van der Waals surface area contributed by atoms with Gasteiger partial charge < -0.3 is 5.73 Å². The van der Waals surface area contributed by atoms with Crippen molar-refractivity contribution in [2.75, 3.05) is 0 Å². The van der Waals surface area contributed by atoms with Gasteiger partial charge in [0.15, 0.2) is 0 Å². The molecule has 1 aromatic heterocycles. The summed E-state index contributed by atoms with van der Waals surface area (Å²) in [7, 11) is 0. The van der Waals surface area contributed by atoms with Gasteiger partial charge in [-0.15, -0.1) is 0 Å². The maximum Gasteiger partial charge on any atom is 0.134 e. The van der Waals surface area contributed by atoms with Crippen LogP contribution in [0.3, 0.4) is 0 Å². The molecule has 0 aliphatic carbocycles. The number of pyridine rings is 1. The highest BCUT2D eigenvalue weighted by Crippen LogP contribution is 2.30. The van der Waals surface area contributed by atoms with Crippen LogP contribution in [0.25, 0.3) is 10.9 Å². The number of nitrogens with two attached hydrogens (primary N) is 1. The SMILES string of the molecule is Cc1ccc(F)c(C(N)c2cccc3cccnc23)c1F. The highest BCUT2D eigenvalue weighted by atomic mass is 19.1.